The van der Waals surface area contributed by atoms with E-state index < -0.39 is 0 Å². The van der Waals surface area contributed by atoms with E-state index >= 15 is 0 Å². The van der Waals surface area contributed by atoms with Crippen LogP contribution in [0.2, 0.25) is 0 Å². The third-order valence-corrected chi connectivity index (χ3v) is 2.84. The van der Waals surface area contributed by atoms with Crippen molar-refractivity contribution in [3.05, 3.63) is 59.8 Å². The number of amides is 1. The third kappa shape index (κ3) is 4.51. The molecule has 0 atom stereocenters. The molecule has 0 bridgehead atoms. The first-order valence-corrected chi connectivity index (χ1v) is 6.49. The Morgan fingerprint density at radius 3 is 2.75 bits per heavy atom. The molecule has 4 nitrogen and oxygen atoms in total. The molecule has 106 valence electrons. The smallest absolute Gasteiger partial charge is 0.221 e. The van der Waals surface area contributed by atoms with Gasteiger partial charge in [0.25, 0.3) is 0 Å². The van der Waals surface area contributed by atoms with E-state index in [2.05, 4.69) is 10.6 Å². The van der Waals surface area contributed by atoms with Crippen molar-refractivity contribution in [2.24, 2.45) is 0 Å². The van der Waals surface area contributed by atoms with Gasteiger partial charge in [-0.15, -0.1) is 0 Å². The molecule has 0 aliphatic rings. The fraction of sp³-hybridized carbons (Fsp3) is 0.267. The van der Waals surface area contributed by atoms with Crippen LogP contribution in [0.3, 0.4) is 0 Å². The minimum atomic E-state index is -0.234. The minimum absolute atomic E-state index is 0.0672. The molecule has 1 aromatic carbocycles. The number of hydrogen-bond donors (Lipinski definition) is 2. The first-order chi connectivity index (χ1) is 9.75. The van der Waals surface area contributed by atoms with Crippen LogP contribution in [0, 0.1) is 5.82 Å². The molecule has 0 aliphatic carbocycles. The molecule has 0 aliphatic heterocycles. The number of carbonyl (C=O) groups excluding carboxylic acids is 1. The van der Waals surface area contributed by atoms with Crippen LogP contribution in [0.25, 0.3) is 0 Å². The van der Waals surface area contributed by atoms with Crippen molar-refractivity contribution in [3.63, 3.8) is 0 Å². The topological polar surface area (TPSA) is 54.3 Å². The first-order valence-electron chi connectivity index (χ1n) is 6.49. The zero-order valence-corrected chi connectivity index (χ0v) is 11.1. The van der Waals surface area contributed by atoms with Crippen LogP contribution in [0.15, 0.2) is 47.1 Å². The highest BCUT2D eigenvalue weighted by atomic mass is 19.1. The monoisotopic (exact) mass is 276 g/mol. The first kappa shape index (κ1) is 14.3. The zero-order valence-electron chi connectivity index (χ0n) is 11.1. The maximum atomic E-state index is 13.3. The number of carbonyl (C=O) groups is 1. The standard InChI is InChI=1S/C15H17FN2O2/c16-14-6-2-1-4-12(14)10-17-8-7-15(19)18-11-13-5-3-9-20-13/h1-6,9,17H,7-8,10-11H2,(H,18,19). The van der Waals surface area contributed by atoms with Gasteiger partial charge in [-0.05, 0) is 18.2 Å². The molecule has 1 amide bonds. The summed E-state index contributed by atoms with van der Waals surface area (Å²) in [6.07, 6.45) is 1.91. The van der Waals surface area contributed by atoms with Gasteiger partial charge in [-0.1, -0.05) is 18.2 Å². The van der Waals surface area contributed by atoms with Crippen LogP contribution in [0.1, 0.15) is 17.7 Å². The fourth-order valence-corrected chi connectivity index (χ4v) is 1.75. The Kier molecular flexibility index (Phi) is 5.32. The summed E-state index contributed by atoms with van der Waals surface area (Å²) in [6, 6.07) is 10.2. The van der Waals surface area contributed by atoms with E-state index in [4.69, 9.17) is 4.42 Å². The lowest BCUT2D eigenvalue weighted by atomic mass is 10.2. The van der Waals surface area contributed by atoms with E-state index in [0.717, 1.165) is 5.76 Å². The summed E-state index contributed by atoms with van der Waals surface area (Å²) in [6.45, 7) is 1.30. The Balaban J connectivity index is 1.61. The SMILES string of the molecule is O=C(CCNCc1ccccc1F)NCc1ccco1. The Bertz CT molecular complexity index is 541. The normalized spacial score (nSPS) is 10.4. The molecule has 2 N–H and O–H groups in total. The predicted octanol–water partition coefficient (Wildman–Crippen LogP) is 2.21. The minimum Gasteiger partial charge on any atom is -0.467 e. The number of furan rings is 1. The molecule has 20 heavy (non-hydrogen) atoms. The lowest BCUT2D eigenvalue weighted by molar-refractivity contribution is -0.121. The molecular formula is C15H17FN2O2. The average Bonchev–Trinajstić information content (AvgIpc) is 2.96. The van der Waals surface area contributed by atoms with Gasteiger partial charge in [0, 0.05) is 25.1 Å². The molecule has 0 fully saturated rings. The van der Waals surface area contributed by atoms with E-state index in [1.165, 1.54) is 6.07 Å². The zero-order chi connectivity index (χ0) is 14.2. The predicted molar refractivity (Wildman–Crippen MR) is 73.3 cm³/mol. The Morgan fingerprint density at radius 2 is 2.00 bits per heavy atom. The van der Waals surface area contributed by atoms with Gasteiger partial charge in [-0.3, -0.25) is 4.79 Å². The van der Waals surface area contributed by atoms with Gasteiger partial charge in [-0.2, -0.15) is 0 Å². The van der Waals surface area contributed by atoms with Gasteiger partial charge >= 0.3 is 0 Å². The van der Waals surface area contributed by atoms with Crippen molar-refractivity contribution < 1.29 is 13.6 Å². The number of rotatable bonds is 7. The van der Waals surface area contributed by atoms with Crippen LogP contribution in [-0.2, 0) is 17.9 Å². The summed E-state index contributed by atoms with van der Waals surface area (Å²) in [7, 11) is 0. The van der Waals surface area contributed by atoms with Crippen LogP contribution in [0.4, 0.5) is 4.39 Å². The van der Waals surface area contributed by atoms with Crippen molar-refractivity contribution in [3.8, 4) is 0 Å². The summed E-state index contributed by atoms with van der Waals surface area (Å²) in [5.74, 6) is 0.419. The van der Waals surface area contributed by atoms with Crippen LogP contribution in [0.5, 0.6) is 0 Å². The molecule has 0 spiro atoms. The summed E-state index contributed by atoms with van der Waals surface area (Å²) in [4.78, 5) is 11.5. The molecule has 0 unspecified atom stereocenters. The van der Waals surface area contributed by atoms with E-state index in [0.29, 0.717) is 31.6 Å². The summed E-state index contributed by atoms with van der Waals surface area (Å²) in [5, 5.41) is 5.79. The van der Waals surface area contributed by atoms with Crippen molar-refractivity contribution in [2.75, 3.05) is 6.54 Å². The lowest BCUT2D eigenvalue weighted by Crippen LogP contribution is -2.27. The number of benzene rings is 1. The molecule has 0 radical (unpaired) electrons. The van der Waals surface area contributed by atoms with Crippen molar-refractivity contribution in [1.29, 1.82) is 0 Å². The number of halogens is 1. The van der Waals surface area contributed by atoms with Crippen molar-refractivity contribution >= 4 is 5.91 Å². The van der Waals surface area contributed by atoms with Gasteiger partial charge < -0.3 is 15.1 Å². The van der Waals surface area contributed by atoms with Crippen LogP contribution < -0.4 is 10.6 Å². The summed E-state index contributed by atoms with van der Waals surface area (Å²) >= 11 is 0. The Morgan fingerprint density at radius 1 is 1.15 bits per heavy atom. The molecular weight excluding hydrogens is 259 g/mol. The van der Waals surface area contributed by atoms with Gasteiger partial charge in [0.15, 0.2) is 0 Å². The third-order valence-electron chi connectivity index (χ3n) is 2.84. The maximum absolute atomic E-state index is 13.3. The Labute approximate surface area is 117 Å². The quantitative estimate of drug-likeness (QED) is 0.762. The van der Waals surface area contributed by atoms with Gasteiger partial charge in [0.2, 0.25) is 5.91 Å². The van der Waals surface area contributed by atoms with E-state index in [-0.39, 0.29) is 11.7 Å². The number of hydrogen-bond acceptors (Lipinski definition) is 3. The van der Waals surface area contributed by atoms with E-state index in [9.17, 15) is 9.18 Å². The summed E-state index contributed by atoms with van der Waals surface area (Å²) in [5.41, 5.74) is 0.600. The van der Waals surface area contributed by atoms with Crippen LogP contribution in [-0.4, -0.2) is 12.5 Å². The summed E-state index contributed by atoms with van der Waals surface area (Å²) < 4.78 is 18.4. The van der Waals surface area contributed by atoms with Gasteiger partial charge in [0.05, 0.1) is 12.8 Å². The maximum Gasteiger partial charge on any atom is 0.221 e. The number of nitrogens with one attached hydrogen (secondary N) is 2. The highest BCUT2D eigenvalue weighted by Gasteiger charge is 2.03. The van der Waals surface area contributed by atoms with Crippen LogP contribution >= 0.6 is 0 Å². The van der Waals surface area contributed by atoms with Crippen molar-refractivity contribution in [2.45, 2.75) is 19.5 Å². The fourth-order valence-electron chi connectivity index (χ4n) is 1.75. The molecule has 2 aromatic rings. The molecule has 5 heteroatoms. The lowest BCUT2D eigenvalue weighted by Gasteiger charge is -2.06. The second-order valence-corrected chi connectivity index (χ2v) is 4.37. The molecule has 1 heterocycles. The second kappa shape index (κ2) is 7.45. The van der Waals surface area contributed by atoms with E-state index in [1.54, 1.807) is 36.6 Å². The molecule has 2 rings (SSSR count). The van der Waals surface area contributed by atoms with Gasteiger partial charge in [0.1, 0.15) is 11.6 Å². The highest BCUT2D eigenvalue weighted by Crippen LogP contribution is 2.05. The second-order valence-electron chi connectivity index (χ2n) is 4.37. The average molecular weight is 276 g/mol. The Hall–Kier alpha value is -2.14. The largest absolute Gasteiger partial charge is 0.467 e. The molecule has 1 aromatic heterocycles. The molecule has 0 saturated carbocycles. The van der Waals surface area contributed by atoms with Crippen molar-refractivity contribution in [1.82, 2.24) is 10.6 Å². The molecule has 0 saturated heterocycles. The van der Waals surface area contributed by atoms with E-state index in [1.807, 2.05) is 0 Å². The van der Waals surface area contributed by atoms with Gasteiger partial charge in [-0.25, -0.2) is 4.39 Å². The highest BCUT2D eigenvalue weighted by molar-refractivity contribution is 5.75.